The Bertz CT molecular complexity index is 1120. The minimum Gasteiger partial charge on any atom is -0.324 e. The Morgan fingerprint density at radius 1 is 1.41 bits per heavy atom. The normalized spacial score (nSPS) is 15.7. The number of fused-ring (bicyclic) bond motifs is 4. The molecule has 1 amide bonds. The SMILES string of the molecule is CC(C)Cc1c(F)cnc2nc3n(c12)C(C)c1ccc(NC=O)c(=O)n1C3. The summed E-state index contributed by atoms with van der Waals surface area (Å²) < 4.78 is 18.1. The van der Waals surface area contributed by atoms with Crippen molar-refractivity contribution in [3.05, 3.63) is 51.6 Å². The van der Waals surface area contributed by atoms with E-state index in [2.05, 4.69) is 15.3 Å². The number of hydrogen-bond acceptors (Lipinski definition) is 4. The maximum Gasteiger partial charge on any atom is 0.275 e. The maximum atomic E-state index is 14.6. The average molecular weight is 369 g/mol. The van der Waals surface area contributed by atoms with E-state index in [9.17, 15) is 14.0 Å². The number of nitrogens with one attached hydrogen (secondary N) is 1. The molecule has 0 spiro atoms. The summed E-state index contributed by atoms with van der Waals surface area (Å²) in [4.78, 5) is 32.1. The number of rotatable bonds is 4. The zero-order chi connectivity index (χ0) is 19.3. The summed E-state index contributed by atoms with van der Waals surface area (Å²) >= 11 is 0. The van der Waals surface area contributed by atoms with Gasteiger partial charge in [0.15, 0.2) is 5.65 Å². The van der Waals surface area contributed by atoms with E-state index in [0.717, 1.165) is 5.69 Å². The zero-order valence-corrected chi connectivity index (χ0v) is 15.4. The quantitative estimate of drug-likeness (QED) is 0.717. The number of aromatic nitrogens is 4. The fourth-order valence-corrected chi connectivity index (χ4v) is 3.84. The Labute approximate surface area is 154 Å². The Hall–Kier alpha value is -3.03. The van der Waals surface area contributed by atoms with Crippen molar-refractivity contribution in [2.45, 2.75) is 39.8 Å². The summed E-state index contributed by atoms with van der Waals surface area (Å²) in [6.07, 6.45) is 2.28. The van der Waals surface area contributed by atoms with Crippen molar-refractivity contribution in [2.75, 3.05) is 5.32 Å². The number of carbonyl (C=O) groups is 1. The first-order valence-electron chi connectivity index (χ1n) is 8.90. The Morgan fingerprint density at radius 2 is 2.19 bits per heavy atom. The molecule has 0 saturated heterocycles. The number of anilines is 1. The average Bonchev–Trinajstić information content (AvgIpc) is 2.99. The van der Waals surface area contributed by atoms with Crippen LogP contribution < -0.4 is 10.9 Å². The molecule has 1 atom stereocenters. The van der Waals surface area contributed by atoms with Crippen molar-refractivity contribution < 1.29 is 9.18 Å². The molecule has 3 aromatic rings. The molecule has 27 heavy (non-hydrogen) atoms. The highest BCUT2D eigenvalue weighted by Crippen LogP contribution is 2.33. The molecule has 4 heterocycles. The number of halogens is 1. The van der Waals surface area contributed by atoms with Gasteiger partial charge in [-0.15, -0.1) is 0 Å². The highest BCUT2D eigenvalue weighted by atomic mass is 19.1. The smallest absolute Gasteiger partial charge is 0.275 e. The molecular formula is C19H20FN5O2. The van der Waals surface area contributed by atoms with Crippen LogP contribution in [-0.2, 0) is 17.8 Å². The molecule has 0 fully saturated rings. The molecule has 1 aliphatic heterocycles. The molecule has 0 aliphatic carbocycles. The minimum absolute atomic E-state index is 0.216. The first kappa shape index (κ1) is 17.4. The van der Waals surface area contributed by atoms with Gasteiger partial charge in [-0.05, 0) is 31.4 Å². The van der Waals surface area contributed by atoms with Gasteiger partial charge in [-0.2, -0.15) is 0 Å². The molecular weight excluding hydrogens is 349 g/mol. The molecule has 4 rings (SSSR count). The van der Waals surface area contributed by atoms with Crippen molar-refractivity contribution in [3.63, 3.8) is 0 Å². The van der Waals surface area contributed by atoms with Gasteiger partial charge in [0.1, 0.15) is 17.3 Å². The van der Waals surface area contributed by atoms with Crippen LogP contribution in [0.5, 0.6) is 0 Å². The number of imidazole rings is 1. The number of hydrogen-bond donors (Lipinski definition) is 1. The lowest BCUT2D eigenvalue weighted by molar-refractivity contribution is -0.105. The standard InChI is InChI=1S/C19H20FN5O2/c1-10(2)6-12-13(20)7-21-18-17(12)25-11(3)15-5-4-14(22-9-26)19(27)24(15)8-16(25)23-18/h4-5,7,9-11H,6,8H2,1-3H3,(H,22,26). The van der Waals surface area contributed by atoms with Crippen LogP contribution in [0.15, 0.2) is 23.1 Å². The largest absolute Gasteiger partial charge is 0.324 e. The molecule has 0 bridgehead atoms. The molecule has 7 nitrogen and oxygen atoms in total. The third-order valence-corrected chi connectivity index (χ3v) is 4.99. The maximum absolute atomic E-state index is 14.6. The van der Waals surface area contributed by atoms with Gasteiger partial charge in [-0.1, -0.05) is 13.8 Å². The van der Waals surface area contributed by atoms with Gasteiger partial charge < -0.3 is 14.5 Å². The summed E-state index contributed by atoms with van der Waals surface area (Å²) in [5.74, 6) is 0.597. The van der Waals surface area contributed by atoms with E-state index in [0.29, 0.717) is 35.4 Å². The fraction of sp³-hybridized carbons (Fsp3) is 0.368. The van der Waals surface area contributed by atoms with Crippen LogP contribution in [0, 0.1) is 11.7 Å². The van der Waals surface area contributed by atoms with Crippen molar-refractivity contribution in [1.82, 2.24) is 19.1 Å². The number of amides is 1. The van der Waals surface area contributed by atoms with Crippen LogP contribution in [0.25, 0.3) is 11.2 Å². The Morgan fingerprint density at radius 3 is 2.89 bits per heavy atom. The van der Waals surface area contributed by atoms with Crippen LogP contribution in [0.2, 0.25) is 0 Å². The first-order chi connectivity index (χ1) is 12.9. The molecule has 140 valence electrons. The lowest BCUT2D eigenvalue weighted by Crippen LogP contribution is -2.33. The summed E-state index contributed by atoms with van der Waals surface area (Å²) in [6.45, 7) is 6.27. The van der Waals surface area contributed by atoms with Crippen LogP contribution >= 0.6 is 0 Å². The van der Waals surface area contributed by atoms with Gasteiger partial charge >= 0.3 is 0 Å². The molecule has 8 heteroatoms. The number of pyridine rings is 2. The van der Waals surface area contributed by atoms with Gasteiger partial charge in [0.25, 0.3) is 5.56 Å². The third kappa shape index (κ3) is 2.63. The van der Waals surface area contributed by atoms with E-state index in [1.54, 1.807) is 10.6 Å². The van der Waals surface area contributed by atoms with E-state index in [1.165, 1.54) is 6.20 Å². The Kier molecular flexibility index (Phi) is 4.05. The molecule has 3 aromatic heterocycles. The van der Waals surface area contributed by atoms with E-state index in [4.69, 9.17) is 0 Å². The second-order valence-electron chi connectivity index (χ2n) is 7.25. The van der Waals surface area contributed by atoms with Gasteiger partial charge in [-0.25, -0.2) is 14.4 Å². The number of carbonyl (C=O) groups excluding carboxylic acids is 1. The van der Waals surface area contributed by atoms with Gasteiger partial charge in [0, 0.05) is 11.3 Å². The van der Waals surface area contributed by atoms with Gasteiger partial charge in [-0.3, -0.25) is 9.59 Å². The summed E-state index contributed by atoms with van der Waals surface area (Å²) in [7, 11) is 0. The van der Waals surface area contributed by atoms with E-state index < -0.39 is 0 Å². The van der Waals surface area contributed by atoms with E-state index >= 15 is 0 Å². The summed E-state index contributed by atoms with van der Waals surface area (Å²) in [5.41, 5.74) is 2.50. The second kappa shape index (κ2) is 6.29. The van der Waals surface area contributed by atoms with Crippen LogP contribution in [0.3, 0.4) is 0 Å². The Balaban J connectivity index is 1.94. The highest BCUT2D eigenvalue weighted by Gasteiger charge is 2.29. The van der Waals surface area contributed by atoms with Gasteiger partial charge in [0.05, 0.1) is 24.3 Å². The van der Waals surface area contributed by atoms with Crippen molar-refractivity contribution in [2.24, 2.45) is 5.92 Å². The van der Waals surface area contributed by atoms with Crippen LogP contribution in [0.4, 0.5) is 10.1 Å². The summed E-state index contributed by atoms with van der Waals surface area (Å²) in [6, 6.07) is 3.18. The van der Waals surface area contributed by atoms with Crippen molar-refractivity contribution in [3.8, 4) is 0 Å². The topological polar surface area (TPSA) is 81.8 Å². The second-order valence-corrected chi connectivity index (χ2v) is 7.25. The zero-order valence-electron chi connectivity index (χ0n) is 15.4. The van der Waals surface area contributed by atoms with Crippen LogP contribution in [-0.4, -0.2) is 25.5 Å². The molecule has 1 unspecified atom stereocenters. The van der Waals surface area contributed by atoms with Crippen molar-refractivity contribution in [1.29, 1.82) is 0 Å². The molecule has 0 radical (unpaired) electrons. The molecule has 0 saturated carbocycles. The summed E-state index contributed by atoms with van der Waals surface area (Å²) in [5, 5.41) is 2.43. The predicted molar refractivity (Wildman–Crippen MR) is 99.3 cm³/mol. The van der Waals surface area contributed by atoms with E-state index in [1.807, 2.05) is 31.4 Å². The molecule has 0 aromatic carbocycles. The highest BCUT2D eigenvalue weighted by molar-refractivity contribution is 5.77. The van der Waals surface area contributed by atoms with Crippen LogP contribution in [0.1, 0.15) is 43.9 Å². The van der Waals surface area contributed by atoms with E-state index in [-0.39, 0.29) is 35.6 Å². The lowest BCUT2D eigenvalue weighted by atomic mass is 10.0. The number of nitrogens with zero attached hydrogens (tertiary/aromatic N) is 4. The first-order valence-corrected chi connectivity index (χ1v) is 8.90. The molecule has 1 N–H and O–H groups in total. The fourth-order valence-electron chi connectivity index (χ4n) is 3.84. The monoisotopic (exact) mass is 369 g/mol. The minimum atomic E-state index is -0.334. The third-order valence-electron chi connectivity index (χ3n) is 4.99. The molecule has 1 aliphatic rings. The van der Waals surface area contributed by atoms with Gasteiger partial charge in [0.2, 0.25) is 6.41 Å². The lowest BCUT2D eigenvalue weighted by Gasteiger charge is -2.28. The van der Waals surface area contributed by atoms with Crippen molar-refractivity contribution >= 4 is 23.3 Å². The predicted octanol–water partition coefficient (Wildman–Crippen LogP) is 2.47.